The van der Waals surface area contributed by atoms with Crippen LogP contribution < -0.4 is 5.32 Å². The van der Waals surface area contributed by atoms with Crippen LogP contribution in [0.5, 0.6) is 0 Å². The summed E-state index contributed by atoms with van der Waals surface area (Å²) in [6, 6.07) is 15.2. The van der Waals surface area contributed by atoms with Gasteiger partial charge >= 0.3 is 0 Å². The van der Waals surface area contributed by atoms with E-state index >= 15 is 0 Å². The Kier molecular flexibility index (Phi) is 5.64. The van der Waals surface area contributed by atoms with Gasteiger partial charge in [-0.05, 0) is 43.7 Å². The molecule has 1 heterocycles. The molecule has 134 valence electrons. The van der Waals surface area contributed by atoms with Crippen molar-refractivity contribution in [1.29, 1.82) is 0 Å². The number of rotatable bonds is 5. The number of carbonyl (C=O) groups is 1. The zero-order chi connectivity index (χ0) is 18.7. The highest BCUT2D eigenvalue weighted by Gasteiger charge is 2.20. The number of hydrogen-bond donors (Lipinski definition) is 1. The fourth-order valence-electron chi connectivity index (χ4n) is 2.47. The second kappa shape index (κ2) is 7.93. The predicted octanol–water partition coefficient (Wildman–Crippen LogP) is 4.56. The molecule has 0 aliphatic rings. The van der Waals surface area contributed by atoms with Crippen molar-refractivity contribution in [1.82, 2.24) is 14.8 Å². The van der Waals surface area contributed by atoms with Crippen LogP contribution in [-0.4, -0.2) is 25.9 Å². The van der Waals surface area contributed by atoms with E-state index in [1.807, 2.05) is 74.0 Å². The zero-order valence-corrected chi connectivity index (χ0v) is 16.3. The molecule has 2 aromatic carbocycles. The van der Waals surface area contributed by atoms with Crippen molar-refractivity contribution in [2.24, 2.45) is 7.05 Å². The lowest BCUT2D eigenvalue weighted by molar-refractivity contribution is -0.115. The molecule has 0 aliphatic carbocycles. The molecule has 1 unspecified atom stereocenters. The van der Waals surface area contributed by atoms with Crippen molar-refractivity contribution < 1.29 is 4.79 Å². The molecule has 3 aromatic rings. The SMILES string of the molecule is Cc1cccc(NC(=O)C(C)Sc2nnc(-c3ccccc3Cl)n2C)c1. The summed E-state index contributed by atoms with van der Waals surface area (Å²) in [6.07, 6.45) is 0. The molecule has 1 amide bonds. The van der Waals surface area contributed by atoms with E-state index in [1.165, 1.54) is 11.8 Å². The van der Waals surface area contributed by atoms with Crippen LogP contribution in [0.25, 0.3) is 11.4 Å². The molecule has 0 spiro atoms. The van der Waals surface area contributed by atoms with Crippen LogP contribution in [0.4, 0.5) is 5.69 Å². The van der Waals surface area contributed by atoms with E-state index in [4.69, 9.17) is 11.6 Å². The van der Waals surface area contributed by atoms with Crippen molar-refractivity contribution in [2.45, 2.75) is 24.3 Å². The second-order valence-corrected chi connectivity index (χ2v) is 7.68. The smallest absolute Gasteiger partial charge is 0.237 e. The summed E-state index contributed by atoms with van der Waals surface area (Å²) < 4.78 is 1.85. The molecule has 0 bridgehead atoms. The quantitative estimate of drug-likeness (QED) is 0.653. The standard InChI is InChI=1S/C19H19ClN4OS/c1-12-7-6-8-14(11-12)21-18(25)13(2)26-19-23-22-17(24(19)3)15-9-4-5-10-16(15)20/h4-11,13H,1-3H3,(H,21,25). The minimum absolute atomic E-state index is 0.0807. The molecule has 26 heavy (non-hydrogen) atoms. The van der Waals surface area contributed by atoms with Gasteiger partial charge in [-0.3, -0.25) is 4.79 Å². The number of anilines is 1. The number of amides is 1. The summed E-state index contributed by atoms with van der Waals surface area (Å²) in [5.41, 5.74) is 2.70. The van der Waals surface area contributed by atoms with Gasteiger partial charge < -0.3 is 9.88 Å². The minimum Gasteiger partial charge on any atom is -0.325 e. The van der Waals surface area contributed by atoms with Crippen molar-refractivity contribution >= 4 is 35.0 Å². The maximum Gasteiger partial charge on any atom is 0.237 e. The van der Waals surface area contributed by atoms with Gasteiger partial charge in [0.2, 0.25) is 5.91 Å². The number of aryl methyl sites for hydroxylation is 1. The van der Waals surface area contributed by atoms with Crippen molar-refractivity contribution in [3.05, 3.63) is 59.1 Å². The molecule has 5 nitrogen and oxygen atoms in total. The molecule has 0 aliphatic heterocycles. The van der Waals surface area contributed by atoms with Gasteiger partial charge in [0.1, 0.15) is 0 Å². The maximum absolute atomic E-state index is 12.5. The number of carbonyl (C=O) groups excluding carboxylic acids is 1. The minimum atomic E-state index is -0.322. The topological polar surface area (TPSA) is 59.8 Å². The number of halogens is 1. The van der Waals surface area contributed by atoms with Gasteiger partial charge in [0.15, 0.2) is 11.0 Å². The summed E-state index contributed by atoms with van der Waals surface area (Å²) >= 11 is 7.60. The Balaban J connectivity index is 1.73. The first kappa shape index (κ1) is 18.5. The monoisotopic (exact) mass is 386 g/mol. The van der Waals surface area contributed by atoms with E-state index in [9.17, 15) is 4.79 Å². The first-order valence-electron chi connectivity index (χ1n) is 8.14. The van der Waals surface area contributed by atoms with E-state index in [2.05, 4.69) is 15.5 Å². The average molecular weight is 387 g/mol. The van der Waals surface area contributed by atoms with Crippen molar-refractivity contribution in [3.63, 3.8) is 0 Å². The fourth-order valence-corrected chi connectivity index (χ4v) is 3.51. The summed E-state index contributed by atoms with van der Waals surface area (Å²) in [5.74, 6) is 0.590. The molecule has 1 atom stereocenters. The molecule has 0 fully saturated rings. The van der Waals surface area contributed by atoms with Crippen LogP contribution in [-0.2, 0) is 11.8 Å². The number of benzene rings is 2. The first-order chi connectivity index (χ1) is 12.5. The molecule has 1 aromatic heterocycles. The Morgan fingerprint density at radius 1 is 1.19 bits per heavy atom. The third-order valence-corrected chi connectivity index (χ3v) is 5.35. The van der Waals surface area contributed by atoms with Crippen LogP contribution in [0.3, 0.4) is 0 Å². The lowest BCUT2D eigenvalue weighted by atomic mass is 10.2. The number of hydrogen-bond acceptors (Lipinski definition) is 4. The Bertz CT molecular complexity index is 941. The van der Waals surface area contributed by atoms with Crippen molar-refractivity contribution in [2.75, 3.05) is 5.32 Å². The highest BCUT2D eigenvalue weighted by Crippen LogP contribution is 2.30. The summed E-state index contributed by atoms with van der Waals surface area (Å²) in [5, 5.41) is 12.3. The first-order valence-corrected chi connectivity index (χ1v) is 9.40. The van der Waals surface area contributed by atoms with E-state index in [1.54, 1.807) is 0 Å². The predicted molar refractivity (Wildman–Crippen MR) is 107 cm³/mol. The largest absolute Gasteiger partial charge is 0.325 e. The number of thioether (sulfide) groups is 1. The number of nitrogens with zero attached hydrogens (tertiary/aromatic N) is 3. The number of nitrogens with one attached hydrogen (secondary N) is 1. The van der Waals surface area contributed by atoms with Gasteiger partial charge in [0, 0.05) is 18.3 Å². The lowest BCUT2D eigenvalue weighted by Gasteiger charge is -2.12. The van der Waals surface area contributed by atoms with Gasteiger partial charge in [-0.1, -0.05) is 47.6 Å². The Morgan fingerprint density at radius 3 is 2.69 bits per heavy atom. The van der Waals surface area contributed by atoms with Crippen LogP contribution >= 0.6 is 23.4 Å². The average Bonchev–Trinajstić information content (AvgIpc) is 2.96. The van der Waals surface area contributed by atoms with Gasteiger partial charge in [0.05, 0.1) is 10.3 Å². The van der Waals surface area contributed by atoms with E-state index < -0.39 is 0 Å². The van der Waals surface area contributed by atoms with Crippen LogP contribution in [0.1, 0.15) is 12.5 Å². The van der Waals surface area contributed by atoms with Gasteiger partial charge in [-0.15, -0.1) is 10.2 Å². The summed E-state index contributed by atoms with van der Waals surface area (Å²) in [6.45, 7) is 3.84. The summed E-state index contributed by atoms with van der Waals surface area (Å²) in [7, 11) is 1.87. The normalized spacial score (nSPS) is 12.0. The maximum atomic E-state index is 12.5. The molecule has 0 saturated carbocycles. The number of aromatic nitrogens is 3. The highest BCUT2D eigenvalue weighted by molar-refractivity contribution is 8.00. The van der Waals surface area contributed by atoms with E-state index in [-0.39, 0.29) is 11.2 Å². The third-order valence-electron chi connectivity index (χ3n) is 3.89. The lowest BCUT2D eigenvalue weighted by Crippen LogP contribution is -2.22. The molecule has 0 radical (unpaired) electrons. The van der Waals surface area contributed by atoms with E-state index in [0.717, 1.165) is 16.8 Å². The molecule has 3 rings (SSSR count). The fraction of sp³-hybridized carbons (Fsp3) is 0.211. The second-order valence-electron chi connectivity index (χ2n) is 5.96. The third kappa shape index (κ3) is 4.08. The van der Waals surface area contributed by atoms with Crippen LogP contribution in [0, 0.1) is 6.92 Å². The zero-order valence-electron chi connectivity index (χ0n) is 14.7. The van der Waals surface area contributed by atoms with Crippen LogP contribution in [0.2, 0.25) is 5.02 Å². The Labute approximate surface area is 161 Å². The molecule has 7 heteroatoms. The molecule has 0 saturated heterocycles. The highest BCUT2D eigenvalue weighted by atomic mass is 35.5. The molecule has 1 N–H and O–H groups in total. The van der Waals surface area contributed by atoms with Gasteiger partial charge in [0.25, 0.3) is 0 Å². The molecular formula is C19H19ClN4OS. The Hall–Kier alpha value is -2.31. The summed E-state index contributed by atoms with van der Waals surface area (Å²) in [4.78, 5) is 12.5. The van der Waals surface area contributed by atoms with Gasteiger partial charge in [-0.25, -0.2) is 0 Å². The Morgan fingerprint density at radius 2 is 1.96 bits per heavy atom. The van der Waals surface area contributed by atoms with Crippen molar-refractivity contribution in [3.8, 4) is 11.4 Å². The van der Waals surface area contributed by atoms with Gasteiger partial charge in [-0.2, -0.15) is 0 Å². The molecular weight excluding hydrogens is 368 g/mol. The van der Waals surface area contributed by atoms with Crippen LogP contribution in [0.15, 0.2) is 53.7 Å². The van der Waals surface area contributed by atoms with E-state index in [0.29, 0.717) is 16.0 Å².